The molecule has 1 heterocycles. The number of likely N-dealkylation sites (tertiary alicyclic amines) is 1. The minimum Gasteiger partial charge on any atom is -0.302 e. The Morgan fingerprint density at radius 2 is 1.53 bits per heavy atom. The third-order valence-corrected chi connectivity index (χ3v) is 7.69. The maximum atomic E-state index is 13.2. The summed E-state index contributed by atoms with van der Waals surface area (Å²) in [6.45, 7) is 8.60. The molecule has 0 N–H and O–H groups in total. The molecule has 3 aromatic carbocycles. The highest BCUT2D eigenvalue weighted by Crippen LogP contribution is 2.45. The summed E-state index contributed by atoms with van der Waals surface area (Å²) < 4.78 is 52.1. The van der Waals surface area contributed by atoms with Crippen LogP contribution in [0, 0.1) is 5.92 Å². The van der Waals surface area contributed by atoms with Gasteiger partial charge in [-0.3, -0.25) is 4.39 Å². The molecule has 0 bridgehead atoms. The molecule has 1 atom stereocenters. The van der Waals surface area contributed by atoms with E-state index < -0.39 is 11.7 Å². The summed E-state index contributed by atoms with van der Waals surface area (Å²) in [5.74, 6) is 0.296. The molecular weight excluding hydrogens is 486 g/mol. The van der Waals surface area contributed by atoms with Crippen molar-refractivity contribution in [2.45, 2.75) is 52.1 Å². The van der Waals surface area contributed by atoms with Crippen molar-refractivity contribution in [1.29, 1.82) is 0 Å². The first kappa shape index (κ1) is 28.1. The molecule has 5 heteroatoms. The van der Waals surface area contributed by atoms with Gasteiger partial charge in [-0.2, -0.15) is 13.2 Å². The lowest BCUT2D eigenvalue weighted by atomic mass is 9.73. The average molecular weight is 524 g/mol. The van der Waals surface area contributed by atoms with Crippen molar-refractivity contribution in [2.24, 2.45) is 5.92 Å². The molecule has 2 aliphatic rings. The largest absolute Gasteiger partial charge is 0.416 e. The number of nitrogens with zero attached hydrogens (tertiary/aromatic N) is 1. The maximum Gasteiger partial charge on any atom is 0.416 e. The number of allylic oxidation sites excluding steroid dienone is 2. The number of benzene rings is 3. The lowest BCUT2D eigenvalue weighted by Crippen LogP contribution is -2.47. The molecule has 0 spiro atoms. The van der Waals surface area contributed by atoms with E-state index in [1.54, 1.807) is 12.1 Å². The molecule has 1 nitrogen and oxygen atoms in total. The Labute approximate surface area is 224 Å². The van der Waals surface area contributed by atoms with Crippen LogP contribution in [-0.2, 0) is 19.0 Å². The quantitative estimate of drug-likeness (QED) is 0.280. The molecule has 5 rings (SSSR count). The van der Waals surface area contributed by atoms with Gasteiger partial charge in [-0.05, 0) is 83.8 Å². The molecule has 1 unspecified atom stereocenters. The second-order valence-corrected chi connectivity index (χ2v) is 10.2. The summed E-state index contributed by atoms with van der Waals surface area (Å²) in [7, 11) is 0. The van der Waals surface area contributed by atoms with Gasteiger partial charge in [0.05, 0.1) is 12.2 Å². The fraction of sp³-hybridized carbons (Fsp3) is 0.394. The van der Waals surface area contributed by atoms with Crippen molar-refractivity contribution in [1.82, 2.24) is 4.90 Å². The lowest BCUT2D eigenvalue weighted by molar-refractivity contribution is -0.137. The van der Waals surface area contributed by atoms with Crippen LogP contribution in [0.5, 0.6) is 0 Å². The van der Waals surface area contributed by atoms with Crippen molar-refractivity contribution < 1.29 is 17.6 Å². The molecule has 0 amide bonds. The smallest absolute Gasteiger partial charge is 0.302 e. The van der Waals surface area contributed by atoms with E-state index in [4.69, 9.17) is 0 Å². The van der Waals surface area contributed by atoms with Crippen molar-refractivity contribution >= 4 is 11.1 Å². The molecule has 0 saturated carbocycles. The van der Waals surface area contributed by atoms with Crippen LogP contribution in [0.3, 0.4) is 0 Å². The first-order chi connectivity index (χ1) is 18.3. The fourth-order valence-electron chi connectivity index (χ4n) is 5.71. The van der Waals surface area contributed by atoms with Gasteiger partial charge in [-0.1, -0.05) is 74.5 Å². The van der Waals surface area contributed by atoms with E-state index in [0.717, 1.165) is 55.6 Å². The van der Waals surface area contributed by atoms with Crippen LogP contribution in [0.15, 0.2) is 72.8 Å². The van der Waals surface area contributed by atoms with E-state index in [1.165, 1.54) is 34.4 Å². The highest BCUT2D eigenvalue weighted by molar-refractivity contribution is 5.95. The lowest BCUT2D eigenvalue weighted by Gasteiger charge is -2.37. The van der Waals surface area contributed by atoms with Crippen molar-refractivity contribution in [2.75, 3.05) is 26.3 Å². The normalized spacial score (nSPS) is 17.9. The third-order valence-electron chi connectivity index (χ3n) is 7.69. The van der Waals surface area contributed by atoms with E-state index in [0.29, 0.717) is 0 Å². The van der Waals surface area contributed by atoms with Gasteiger partial charge >= 0.3 is 6.18 Å². The zero-order chi connectivity index (χ0) is 27.3. The highest BCUT2D eigenvalue weighted by Gasteiger charge is 2.32. The summed E-state index contributed by atoms with van der Waals surface area (Å²) in [4.78, 5) is 2.31. The Morgan fingerprint density at radius 3 is 2.16 bits per heavy atom. The van der Waals surface area contributed by atoms with E-state index in [-0.39, 0.29) is 18.5 Å². The van der Waals surface area contributed by atoms with Gasteiger partial charge < -0.3 is 4.90 Å². The Kier molecular flexibility index (Phi) is 9.09. The van der Waals surface area contributed by atoms with Gasteiger partial charge in [0.2, 0.25) is 0 Å². The number of fused-ring (bicyclic) bond motifs is 1. The molecule has 202 valence electrons. The van der Waals surface area contributed by atoms with E-state index >= 15 is 0 Å². The Morgan fingerprint density at radius 1 is 0.868 bits per heavy atom. The van der Waals surface area contributed by atoms with Gasteiger partial charge in [-0.15, -0.1) is 0 Å². The van der Waals surface area contributed by atoms with Crippen molar-refractivity contribution in [3.63, 3.8) is 0 Å². The number of alkyl halides is 4. The Hall–Kier alpha value is -2.92. The molecule has 0 radical (unpaired) electrons. The van der Waals surface area contributed by atoms with Crippen LogP contribution < -0.4 is 0 Å². The van der Waals surface area contributed by atoms with Crippen LogP contribution in [0.4, 0.5) is 17.6 Å². The third kappa shape index (κ3) is 6.20. The fourth-order valence-corrected chi connectivity index (χ4v) is 5.71. The predicted molar refractivity (Wildman–Crippen MR) is 149 cm³/mol. The Bertz CT molecular complexity index is 1220. The minimum atomic E-state index is -4.35. The molecule has 3 aromatic rings. The van der Waals surface area contributed by atoms with Crippen molar-refractivity contribution in [3.8, 4) is 0 Å². The second-order valence-electron chi connectivity index (χ2n) is 10.2. The number of aryl methyl sites for hydroxylation is 1. The zero-order valence-electron chi connectivity index (χ0n) is 22.5. The second kappa shape index (κ2) is 12.3. The summed E-state index contributed by atoms with van der Waals surface area (Å²) in [5, 5.41) is 0. The first-order valence-electron chi connectivity index (χ1n) is 13.7. The standard InChI is InChI=1S/C31H31F4N.C2H6/c1-21-28-7-3-2-6-26(28)17-29(30(21)25-12-14-27(15-13-25)31(33,34)35)24-10-8-22(9-11-24)5-4-16-36-19-23(18-32)20-36;1-2/h2-3,6-15,23,29H,4-5,16-20H2,1H3;1-2H3. The number of rotatable bonds is 7. The molecule has 1 fully saturated rings. The zero-order valence-corrected chi connectivity index (χ0v) is 22.5. The number of hydrogen-bond donors (Lipinski definition) is 0. The maximum absolute atomic E-state index is 13.2. The summed E-state index contributed by atoms with van der Waals surface area (Å²) in [6, 6.07) is 22.6. The number of hydrogen-bond acceptors (Lipinski definition) is 1. The minimum absolute atomic E-state index is 0.0735. The average Bonchev–Trinajstić information content (AvgIpc) is 2.91. The summed E-state index contributed by atoms with van der Waals surface area (Å²) in [6.07, 6.45) is -1.51. The van der Waals surface area contributed by atoms with Gasteiger partial charge in [-0.25, -0.2) is 0 Å². The van der Waals surface area contributed by atoms with Gasteiger partial charge in [0, 0.05) is 24.9 Å². The van der Waals surface area contributed by atoms with Crippen LogP contribution in [-0.4, -0.2) is 31.2 Å². The van der Waals surface area contributed by atoms with Crippen LogP contribution in [0.2, 0.25) is 0 Å². The number of halogens is 4. The highest BCUT2D eigenvalue weighted by atomic mass is 19.4. The Balaban J connectivity index is 0.00000164. The van der Waals surface area contributed by atoms with Gasteiger partial charge in [0.15, 0.2) is 0 Å². The summed E-state index contributed by atoms with van der Waals surface area (Å²) >= 11 is 0. The van der Waals surface area contributed by atoms with Crippen LogP contribution in [0.1, 0.15) is 66.5 Å². The molecule has 1 saturated heterocycles. The molecule has 1 aliphatic carbocycles. The first-order valence-corrected chi connectivity index (χ1v) is 13.7. The van der Waals surface area contributed by atoms with Gasteiger partial charge in [0.1, 0.15) is 0 Å². The van der Waals surface area contributed by atoms with E-state index in [1.807, 2.05) is 26.0 Å². The topological polar surface area (TPSA) is 3.24 Å². The van der Waals surface area contributed by atoms with Crippen LogP contribution in [0.25, 0.3) is 11.1 Å². The van der Waals surface area contributed by atoms with Gasteiger partial charge in [0.25, 0.3) is 0 Å². The van der Waals surface area contributed by atoms with Crippen LogP contribution >= 0.6 is 0 Å². The molecular formula is C33H37F4N. The predicted octanol–water partition coefficient (Wildman–Crippen LogP) is 8.84. The summed E-state index contributed by atoms with van der Waals surface area (Å²) in [5.41, 5.74) is 7.31. The molecule has 38 heavy (non-hydrogen) atoms. The van der Waals surface area contributed by atoms with Crippen molar-refractivity contribution in [3.05, 3.63) is 106 Å². The van der Waals surface area contributed by atoms with E-state index in [9.17, 15) is 17.6 Å². The SMILES string of the molecule is CC.CC1=C(c2ccc(C(F)(F)F)cc2)C(c2ccc(CCCN3CC(CF)C3)cc2)Cc2ccccc21. The van der Waals surface area contributed by atoms with E-state index in [2.05, 4.69) is 48.2 Å². The monoisotopic (exact) mass is 523 g/mol. The molecule has 0 aromatic heterocycles. The molecule has 1 aliphatic heterocycles.